The Balaban J connectivity index is 0.00000200. The van der Waals surface area contributed by atoms with E-state index in [2.05, 4.69) is 0 Å². The van der Waals surface area contributed by atoms with Crippen LogP contribution in [0.2, 0.25) is 5.02 Å². The molecule has 5 rings (SSSR count). The van der Waals surface area contributed by atoms with E-state index in [1.807, 2.05) is 0 Å². The molecule has 0 radical (unpaired) electrons. The average Bonchev–Trinajstić information content (AvgIpc) is 3.29. The van der Waals surface area contributed by atoms with Gasteiger partial charge in [-0.05, 0) is 74.1 Å². The van der Waals surface area contributed by atoms with Crippen LogP contribution in [-0.2, 0) is 17.8 Å². The van der Waals surface area contributed by atoms with Gasteiger partial charge >= 0.3 is 103 Å². The Morgan fingerprint density at radius 1 is 0.974 bits per heavy atom. The van der Waals surface area contributed by atoms with Crippen LogP contribution < -0.4 is 128 Å². The van der Waals surface area contributed by atoms with Crippen LogP contribution in [0, 0.1) is 11.8 Å². The van der Waals surface area contributed by atoms with Gasteiger partial charge in [0.2, 0.25) is 6.79 Å². The first-order valence-corrected chi connectivity index (χ1v) is 12.3. The Labute approximate surface area is 309 Å². The van der Waals surface area contributed by atoms with Gasteiger partial charge in [0.05, 0.1) is 17.2 Å². The summed E-state index contributed by atoms with van der Waals surface area (Å²) in [6.07, 6.45) is 3.13. The van der Waals surface area contributed by atoms with E-state index >= 15 is 0 Å². The number of rotatable bonds is 7. The summed E-state index contributed by atoms with van der Waals surface area (Å²) in [5, 5.41) is 24.3. The van der Waals surface area contributed by atoms with E-state index < -0.39 is 11.9 Å². The van der Waals surface area contributed by atoms with Crippen molar-refractivity contribution in [3.63, 3.8) is 0 Å². The number of nitrogens with zero attached hydrogens (tertiary/aromatic N) is 1. The quantitative estimate of drug-likeness (QED) is 0.261. The van der Waals surface area contributed by atoms with E-state index in [4.69, 9.17) is 21.1 Å². The number of ether oxygens (including phenoxy) is 2. The monoisotopic (exact) mass is 587 g/mol. The molecule has 0 bridgehead atoms. The summed E-state index contributed by atoms with van der Waals surface area (Å²) in [6, 6.07) is 10.2. The van der Waals surface area contributed by atoms with Crippen LogP contribution >= 0.6 is 11.6 Å². The van der Waals surface area contributed by atoms with Crippen molar-refractivity contribution in [2.45, 2.75) is 45.1 Å². The number of carboxylic acid groups (broad SMARTS) is 2. The van der Waals surface area contributed by atoms with Crippen molar-refractivity contribution in [2.75, 3.05) is 6.79 Å². The second kappa shape index (κ2) is 14.1. The SMILES string of the molecule is O=C([O-])CC1CCC(Cc2c(C(=O)[O-])n(Cc3cc4c(cc3Cl)OCO4)c3ccccc3c2=O)CC1.[K+].[K+]. The summed E-state index contributed by atoms with van der Waals surface area (Å²) >= 11 is 6.50. The van der Waals surface area contributed by atoms with Crippen molar-refractivity contribution in [2.24, 2.45) is 11.8 Å². The first kappa shape index (κ1) is 32.3. The van der Waals surface area contributed by atoms with Gasteiger partial charge in [0.15, 0.2) is 16.9 Å². The number of benzene rings is 2. The van der Waals surface area contributed by atoms with E-state index in [0.29, 0.717) is 58.7 Å². The van der Waals surface area contributed by atoms with Gasteiger partial charge in [-0.3, -0.25) is 4.79 Å². The number of hydrogen-bond donors (Lipinski definition) is 0. The Morgan fingerprint density at radius 3 is 2.26 bits per heavy atom. The van der Waals surface area contributed by atoms with Crippen LogP contribution in [0.1, 0.15) is 53.7 Å². The molecule has 0 spiro atoms. The zero-order valence-electron chi connectivity index (χ0n) is 21.5. The smallest absolute Gasteiger partial charge is 0.550 e. The molecule has 0 N–H and O–H groups in total. The molecule has 2 aromatic carbocycles. The van der Waals surface area contributed by atoms with Crippen LogP contribution in [0.3, 0.4) is 0 Å². The third-order valence-corrected chi connectivity index (χ3v) is 7.60. The van der Waals surface area contributed by atoms with E-state index in [0.717, 1.165) is 0 Å². The largest absolute Gasteiger partial charge is 1.00 e. The van der Waals surface area contributed by atoms with Gasteiger partial charge in [0.25, 0.3) is 0 Å². The number of carbonyl (C=O) groups is 2. The number of carboxylic acids is 2. The van der Waals surface area contributed by atoms with Crippen LogP contribution in [0.15, 0.2) is 41.2 Å². The van der Waals surface area contributed by atoms with Crippen molar-refractivity contribution in [3.8, 4) is 11.5 Å². The molecule has 0 atom stereocenters. The number of aliphatic carboxylic acids is 1. The molecule has 1 aliphatic carbocycles. The number of pyridine rings is 1. The summed E-state index contributed by atoms with van der Waals surface area (Å²) < 4.78 is 12.4. The number of para-hydroxylation sites is 1. The minimum absolute atomic E-state index is 0. The Morgan fingerprint density at radius 2 is 1.61 bits per heavy atom. The van der Waals surface area contributed by atoms with Crippen LogP contribution in [0.5, 0.6) is 11.5 Å². The maximum atomic E-state index is 13.5. The predicted molar refractivity (Wildman–Crippen MR) is 128 cm³/mol. The summed E-state index contributed by atoms with van der Waals surface area (Å²) in [6.45, 7) is 0.167. The average molecular weight is 588 g/mol. The minimum Gasteiger partial charge on any atom is -0.550 e. The van der Waals surface area contributed by atoms with Gasteiger partial charge in [-0.25, -0.2) is 0 Å². The molecule has 1 fully saturated rings. The van der Waals surface area contributed by atoms with Crippen molar-refractivity contribution in [1.29, 1.82) is 0 Å². The molecule has 0 amide bonds. The van der Waals surface area contributed by atoms with Gasteiger partial charge in [-0.15, -0.1) is 0 Å². The first-order valence-electron chi connectivity index (χ1n) is 12.0. The fourth-order valence-electron chi connectivity index (χ4n) is 5.46. The number of fused-ring (bicyclic) bond motifs is 2. The third-order valence-electron chi connectivity index (χ3n) is 7.25. The van der Waals surface area contributed by atoms with Gasteiger partial charge in [0.1, 0.15) is 0 Å². The fraction of sp³-hybridized carbons (Fsp3) is 0.370. The summed E-state index contributed by atoms with van der Waals surface area (Å²) in [4.78, 5) is 37.0. The van der Waals surface area contributed by atoms with Crippen molar-refractivity contribution in [1.82, 2.24) is 4.57 Å². The molecule has 8 nitrogen and oxygen atoms in total. The molecular weight excluding hydrogens is 564 g/mol. The molecule has 0 unspecified atom stereocenters. The molecule has 38 heavy (non-hydrogen) atoms. The molecule has 1 aromatic heterocycles. The molecule has 1 saturated carbocycles. The fourth-order valence-corrected chi connectivity index (χ4v) is 5.67. The summed E-state index contributed by atoms with van der Waals surface area (Å²) in [5.74, 6) is -1.34. The summed E-state index contributed by atoms with van der Waals surface area (Å²) in [7, 11) is 0. The standard InChI is InChI=1S/C27H26ClNO7.2K/c28-20-12-23-22(35-14-36-23)11-17(20)13-29-21-4-2-1-3-18(21)26(32)19(25(29)27(33)34)9-15-5-7-16(8-6-15)10-24(30)31;;/h1-4,11-12,15-16H,5-10,13-14H2,(H,30,31)(H,33,34);;/q;2*+1/p-2. The second-order valence-corrected chi connectivity index (χ2v) is 9.92. The zero-order valence-corrected chi connectivity index (χ0v) is 28.5. The predicted octanol–water partition coefficient (Wildman–Crippen LogP) is -3.71. The maximum absolute atomic E-state index is 13.5. The number of aromatic nitrogens is 1. The van der Waals surface area contributed by atoms with E-state index in [1.54, 1.807) is 41.0 Å². The first-order chi connectivity index (χ1) is 17.3. The molecule has 11 heteroatoms. The molecule has 0 saturated heterocycles. The minimum atomic E-state index is -1.43. The van der Waals surface area contributed by atoms with E-state index in [9.17, 15) is 24.6 Å². The number of hydrogen-bond acceptors (Lipinski definition) is 7. The molecule has 1 aliphatic heterocycles. The zero-order chi connectivity index (χ0) is 25.4. The molecule has 2 aliphatic rings. The Bertz CT molecular complexity index is 1420. The van der Waals surface area contributed by atoms with E-state index in [-0.39, 0.29) is 157 Å². The Hall–Kier alpha value is -0.247. The molecule has 188 valence electrons. The van der Waals surface area contributed by atoms with E-state index in [1.165, 1.54) is 0 Å². The van der Waals surface area contributed by atoms with Crippen LogP contribution in [-0.4, -0.2) is 23.3 Å². The van der Waals surface area contributed by atoms with Crippen molar-refractivity contribution >= 4 is 34.4 Å². The third kappa shape index (κ3) is 6.96. The second-order valence-electron chi connectivity index (χ2n) is 9.51. The molecule has 2 heterocycles. The number of carbonyl (C=O) groups excluding carboxylic acids is 2. The normalized spacial score (nSPS) is 17.9. The van der Waals surface area contributed by atoms with Crippen LogP contribution in [0.25, 0.3) is 10.9 Å². The van der Waals surface area contributed by atoms with Gasteiger partial charge in [-0.1, -0.05) is 23.7 Å². The number of halogens is 1. The topological polar surface area (TPSA) is 121 Å². The van der Waals surface area contributed by atoms with Gasteiger partial charge in [0, 0.05) is 34.6 Å². The molecular formula is C27H24ClK2NO7. The number of aromatic carboxylic acids is 1. The summed E-state index contributed by atoms with van der Waals surface area (Å²) in [5.41, 5.74) is 0.802. The van der Waals surface area contributed by atoms with Crippen LogP contribution in [0.4, 0.5) is 0 Å². The van der Waals surface area contributed by atoms with Crippen molar-refractivity contribution in [3.05, 3.63) is 68.5 Å². The molecule has 3 aromatic rings. The van der Waals surface area contributed by atoms with Crippen molar-refractivity contribution < 1.29 is 132 Å². The Kier molecular flexibility index (Phi) is 12.0. The maximum Gasteiger partial charge on any atom is 1.00 e. The van der Waals surface area contributed by atoms with Gasteiger partial charge in [-0.2, -0.15) is 0 Å². The van der Waals surface area contributed by atoms with Gasteiger partial charge < -0.3 is 33.8 Å².